The molecular weight excluding hydrogens is 328 g/mol. The van der Waals surface area contributed by atoms with Crippen molar-refractivity contribution in [2.24, 2.45) is 0 Å². The maximum Gasteiger partial charge on any atom is 0.254 e. The van der Waals surface area contributed by atoms with Gasteiger partial charge in [0, 0.05) is 18.2 Å². The molecule has 3 rings (SSSR count). The molecule has 1 fully saturated rings. The lowest BCUT2D eigenvalue weighted by molar-refractivity contribution is -0.0405. The first-order chi connectivity index (χ1) is 12.0. The SMILES string of the molecule is Cc1ccc(C(=O)N2CCO[C@@H](COc3ccc(F)cc3F)C2)cc1. The van der Waals surface area contributed by atoms with Crippen LogP contribution in [0.1, 0.15) is 15.9 Å². The zero-order valence-corrected chi connectivity index (χ0v) is 13.9. The number of morpholine rings is 1. The van der Waals surface area contributed by atoms with Crippen molar-refractivity contribution < 1.29 is 23.0 Å². The van der Waals surface area contributed by atoms with Gasteiger partial charge in [0.05, 0.1) is 13.2 Å². The number of amides is 1. The number of carbonyl (C=O) groups is 1. The molecule has 0 spiro atoms. The monoisotopic (exact) mass is 347 g/mol. The Morgan fingerprint density at radius 3 is 2.72 bits per heavy atom. The molecular formula is C19H19F2NO3. The highest BCUT2D eigenvalue weighted by Gasteiger charge is 2.25. The first kappa shape index (κ1) is 17.4. The van der Waals surface area contributed by atoms with Crippen LogP contribution in [0.4, 0.5) is 8.78 Å². The van der Waals surface area contributed by atoms with Crippen molar-refractivity contribution >= 4 is 5.91 Å². The Bertz CT molecular complexity index is 749. The molecule has 1 atom stereocenters. The van der Waals surface area contributed by atoms with Gasteiger partial charge < -0.3 is 14.4 Å². The molecule has 1 aliphatic rings. The smallest absolute Gasteiger partial charge is 0.254 e. The summed E-state index contributed by atoms with van der Waals surface area (Å²) in [6.45, 7) is 3.28. The molecule has 4 nitrogen and oxygen atoms in total. The number of rotatable bonds is 4. The number of aryl methyl sites for hydroxylation is 1. The standard InChI is InChI=1S/C19H19F2NO3/c1-13-2-4-14(5-3-13)19(23)22-8-9-24-16(11-22)12-25-18-7-6-15(20)10-17(18)21/h2-7,10,16H,8-9,11-12H2,1H3/t16-/m1/s1. The molecule has 0 aliphatic carbocycles. The Morgan fingerprint density at radius 1 is 1.24 bits per heavy atom. The number of ether oxygens (including phenoxy) is 2. The first-order valence-corrected chi connectivity index (χ1v) is 8.08. The number of nitrogens with zero attached hydrogens (tertiary/aromatic N) is 1. The lowest BCUT2D eigenvalue weighted by Gasteiger charge is -2.33. The second kappa shape index (κ2) is 7.61. The Hall–Kier alpha value is -2.47. The third kappa shape index (κ3) is 4.33. The van der Waals surface area contributed by atoms with E-state index in [2.05, 4.69) is 0 Å². The van der Waals surface area contributed by atoms with E-state index in [0.29, 0.717) is 25.3 Å². The van der Waals surface area contributed by atoms with Crippen LogP contribution >= 0.6 is 0 Å². The molecule has 1 aliphatic heterocycles. The van der Waals surface area contributed by atoms with Crippen molar-refractivity contribution in [1.82, 2.24) is 4.90 Å². The van der Waals surface area contributed by atoms with Crippen molar-refractivity contribution in [3.63, 3.8) is 0 Å². The molecule has 0 N–H and O–H groups in total. The van der Waals surface area contributed by atoms with Gasteiger partial charge in [0.15, 0.2) is 11.6 Å². The number of carbonyl (C=O) groups excluding carboxylic acids is 1. The summed E-state index contributed by atoms with van der Waals surface area (Å²) in [7, 11) is 0. The second-order valence-electron chi connectivity index (χ2n) is 6.00. The van der Waals surface area contributed by atoms with Crippen molar-refractivity contribution in [3.05, 3.63) is 65.2 Å². The number of halogens is 2. The van der Waals surface area contributed by atoms with E-state index in [4.69, 9.17) is 9.47 Å². The summed E-state index contributed by atoms with van der Waals surface area (Å²) in [5.41, 5.74) is 1.71. The lowest BCUT2D eigenvalue weighted by atomic mass is 10.1. The summed E-state index contributed by atoms with van der Waals surface area (Å²) < 4.78 is 37.5. The average Bonchev–Trinajstić information content (AvgIpc) is 2.61. The van der Waals surface area contributed by atoms with Gasteiger partial charge in [-0.15, -0.1) is 0 Å². The molecule has 2 aromatic carbocycles. The van der Waals surface area contributed by atoms with E-state index in [1.807, 2.05) is 19.1 Å². The highest BCUT2D eigenvalue weighted by Crippen LogP contribution is 2.19. The fourth-order valence-electron chi connectivity index (χ4n) is 2.66. The first-order valence-electron chi connectivity index (χ1n) is 8.08. The topological polar surface area (TPSA) is 38.8 Å². The molecule has 132 valence electrons. The van der Waals surface area contributed by atoms with Gasteiger partial charge in [0.2, 0.25) is 0 Å². The minimum Gasteiger partial charge on any atom is -0.488 e. The quantitative estimate of drug-likeness (QED) is 0.853. The summed E-state index contributed by atoms with van der Waals surface area (Å²) >= 11 is 0. The molecule has 0 saturated carbocycles. The summed E-state index contributed by atoms with van der Waals surface area (Å²) in [6, 6.07) is 10.5. The van der Waals surface area contributed by atoms with E-state index < -0.39 is 11.6 Å². The van der Waals surface area contributed by atoms with E-state index in [9.17, 15) is 13.6 Å². The predicted octanol–water partition coefficient (Wildman–Crippen LogP) is 3.19. The van der Waals surface area contributed by atoms with Crippen LogP contribution in [0.2, 0.25) is 0 Å². The molecule has 1 heterocycles. The molecule has 0 bridgehead atoms. The third-order valence-electron chi connectivity index (χ3n) is 4.04. The van der Waals surface area contributed by atoms with Crippen LogP contribution in [0.15, 0.2) is 42.5 Å². The van der Waals surface area contributed by atoms with Gasteiger partial charge in [-0.2, -0.15) is 0 Å². The molecule has 2 aromatic rings. The summed E-state index contributed by atoms with van der Waals surface area (Å²) in [5.74, 6) is -1.52. The lowest BCUT2D eigenvalue weighted by Crippen LogP contribution is -2.47. The third-order valence-corrected chi connectivity index (χ3v) is 4.04. The average molecular weight is 347 g/mol. The van der Waals surface area contributed by atoms with Crippen molar-refractivity contribution in [2.75, 3.05) is 26.3 Å². The minimum absolute atomic E-state index is 0.0352. The Kier molecular flexibility index (Phi) is 5.28. The van der Waals surface area contributed by atoms with Gasteiger partial charge in [-0.1, -0.05) is 17.7 Å². The predicted molar refractivity (Wildman–Crippen MR) is 88.7 cm³/mol. The van der Waals surface area contributed by atoms with Crippen LogP contribution in [0.5, 0.6) is 5.75 Å². The molecule has 1 saturated heterocycles. The zero-order valence-electron chi connectivity index (χ0n) is 13.9. The highest BCUT2D eigenvalue weighted by molar-refractivity contribution is 5.94. The van der Waals surface area contributed by atoms with Gasteiger partial charge >= 0.3 is 0 Å². The fourth-order valence-corrected chi connectivity index (χ4v) is 2.66. The largest absolute Gasteiger partial charge is 0.488 e. The van der Waals surface area contributed by atoms with Crippen LogP contribution in [-0.2, 0) is 4.74 Å². The second-order valence-corrected chi connectivity index (χ2v) is 6.00. The molecule has 25 heavy (non-hydrogen) atoms. The van der Waals surface area contributed by atoms with E-state index in [1.165, 1.54) is 6.07 Å². The van der Waals surface area contributed by atoms with Crippen molar-refractivity contribution in [3.8, 4) is 5.75 Å². The van der Waals surface area contributed by atoms with Gasteiger partial charge in [-0.05, 0) is 31.2 Å². The number of hydrogen-bond donors (Lipinski definition) is 0. The van der Waals surface area contributed by atoms with Crippen LogP contribution in [0, 0.1) is 18.6 Å². The molecule has 0 radical (unpaired) electrons. The summed E-state index contributed by atoms with van der Waals surface area (Å²) in [5, 5.41) is 0. The van der Waals surface area contributed by atoms with E-state index in [0.717, 1.165) is 17.7 Å². The number of hydrogen-bond acceptors (Lipinski definition) is 3. The van der Waals surface area contributed by atoms with Crippen molar-refractivity contribution in [2.45, 2.75) is 13.0 Å². The molecule has 1 amide bonds. The minimum atomic E-state index is -0.761. The van der Waals surface area contributed by atoms with Gasteiger partial charge in [0.1, 0.15) is 18.5 Å². The van der Waals surface area contributed by atoms with Crippen LogP contribution in [-0.4, -0.2) is 43.2 Å². The van der Waals surface area contributed by atoms with Gasteiger partial charge in [-0.3, -0.25) is 4.79 Å². The van der Waals surface area contributed by atoms with Gasteiger partial charge in [0.25, 0.3) is 5.91 Å². The van der Waals surface area contributed by atoms with Gasteiger partial charge in [-0.25, -0.2) is 8.78 Å². The van der Waals surface area contributed by atoms with Crippen LogP contribution < -0.4 is 4.74 Å². The molecule has 0 unspecified atom stereocenters. The maximum atomic E-state index is 13.6. The Labute approximate surface area is 145 Å². The van der Waals surface area contributed by atoms with Crippen LogP contribution in [0.3, 0.4) is 0 Å². The zero-order chi connectivity index (χ0) is 17.8. The normalized spacial score (nSPS) is 17.4. The van der Waals surface area contributed by atoms with E-state index >= 15 is 0 Å². The number of benzene rings is 2. The Morgan fingerprint density at radius 2 is 2.00 bits per heavy atom. The Balaban J connectivity index is 1.59. The van der Waals surface area contributed by atoms with E-state index in [-0.39, 0.29) is 24.4 Å². The van der Waals surface area contributed by atoms with Crippen LogP contribution in [0.25, 0.3) is 0 Å². The fraction of sp³-hybridized carbons (Fsp3) is 0.316. The van der Waals surface area contributed by atoms with E-state index in [1.54, 1.807) is 17.0 Å². The maximum absolute atomic E-state index is 13.6. The molecule has 0 aromatic heterocycles. The summed E-state index contributed by atoms with van der Waals surface area (Å²) in [6.07, 6.45) is -0.368. The highest BCUT2D eigenvalue weighted by atomic mass is 19.1. The summed E-state index contributed by atoms with van der Waals surface area (Å²) in [4.78, 5) is 14.2. The molecule has 6 heteroatoms. The van der Waals surface area contributed by atoms with Crippen molar-refractivity contribution in [1.29, 1.82) is 0 Å².